The minimum atomic E-state index is -0.694. The van der Waals surface area contributed by atoms with E-state index in [4.69, 9.17) is 0 Å². The van der Waals surface area contributed by atoms with Crippen molar-refractivity contribution in [2.75, 3.05) is 7.05 Å². The molecule has 0 aliphatic heterocycles. The summed E-state index contributed by atoms with van der Waals surface area (Å²) in [6.45, 7) is 2.07. The predicted molar refractivity (Wildman–Crippen MR) is 67.1 cm³/mol. The van der Waals surface area contributed by atoms with E-state index in [1.54, 1.807) is 7.05 Å². The zero-order chi connectivity index (χ0) is 11.6. The summed E-state index contributed by atoms with van der Waals surface area (Å²) in [7, 11) is 1.78. The number of benzene rings is 1. The lowest BCUT2D eigenvalue weighted by molar-refractivity contribution is 0.121. The van der Waals surface area contributed by atoms with Gasteiger partial charge in [-0.1, -0.05) is 37.1 Å². The molecule has 0 radical (unpaired) electrons. The van der Waals surface area contributed by atoms with Gasteiger partial charge in [-0.25, -0.2) is 0 Å². The third-order valence-corrected chi connectivity index (χ3v) is 3.50. The van der Waals surface area contributed by atoms with Crippen LogP contribution in [0.15, 0.2) is 29.3 Å². The number of nitrogens with zero attached hydrogens (tertiary/aromatic N) is 1. The van der Waals surface area contributed by atoms with Crippen molar-refractivity contribution < 1.29 is 5.11 Å². The van der Waals surface area contributed by atoms with Gasteiger partial charge in [-0.2, -0.15) is 0 Å². The van der Waals surface area contributed by atoms with E-state index in [-0.39, 0.29) is 0 Å². The Morgan fingerprint density at radius 2 is 1.88 bits per heavy atom. The molecule has 2 heteroatoms. The van der Waals surface area contributed by atoms with Gasteiger partial charge in [0.1, 0.15) is 5.60 Å². The number of aliphatic hydroxyl groups is 1. The van der Waals surface area contributed by atoms with Crippen molar-refractivity contribution in [3.05, 3.63) is 35.4 Å². The summed E-state index contributed by atoms with van der Waals surface area (Å²) in [5, 5.41) is 10.6. The molecule has 1 aromatic rings. The molecule has 2 rings (SSSR count). The molecule has 16 heavy (non-hydrogen) atoms. The minimum absolute atomic E-state index is 0.694. The molecule has 86 valence electrons. The number of hydrogen-bond donors (Lipinski definition) is 1. The summed E-state index contributed by atoms with van der Waals surface area (Å²) in [5.41, 5.74) is 2.45. The molecule has 2 nitrogen and oxygen atoms in total. The van der Waals surface area contributed by atoms with E-state index in [1.807, 2.05) is 18.2 Å². The molecule has 0 saturated heterocycles. The molecule has 0 amide bonds. The Hall–Kier alpha value is -1.15. The van der Waals surface area contributed by atoms with Crippen LogP contribution in [-0.4, -0.2) is 23.5 Å². The van der Waals surface area contributed by atoms with Gasteiger partial charge in [0, 0.05) is 12.6 Å². The van der Waals surface area contributed by atoms with Crippen molar-refractivity contribution in [1.29, 1.82) is 0 Å². The van der Waals surface area contributed by atoms with Gasteiger partial charge in [0.05, 0.1) is 5.71 Å². The van der Waals surface area contributed by atoms with Crippen LogP contribution in [0.25, 0.3) is 0 Å². The van der Waals surface area contributed by atoms with E-state index in [0.29, 0.717) is 0 Å². The lowest BCUT2D eigenvalue weighted by atomic mass is 9.88. The summed E-state index contributed by atoms with van der Waals surface area (Å²) in [4.78, 5) is 4.34. The molecule has 1 aromatic carbocycles. The molecular weight excluding hydrogens is 198 g/mol. The SMILES string of the molecule is CN=C(c1ccccc1C)C1(O)CCCC1. The maximum Gasteiger partial charge on any atom is 0.107 e. The van der Waals surface area contributed by atoms with Crippen LogP contribution >= 0.6 is 0 Å². The molecule has 0 spiro atoms. The van der Waals surface area contributed by atoms with E-state index in [0.717, 1.165) is 37.0 Å². The highest BCUT2D eigenvalue weighted by Gasteiger charge is 2.37. The molecule has 1 N–H and O–H groups in total. The fourth-order valence-electron chi connectivity index (χ4n) is 2.61. The first kappa shape index (κ1) is 11.3. The number of hydrogen-bond acceptors (Lipinski definition) is 2. The third-order valence-electron chi connectivity index (χ3n) is 3.50. The van der Waals surface area contributed by atoms with E-state index >= 15 is 0 Å². The van der Waals surface area contributed by atoms with Gasteiger partial charge in [-0.15, -0.1) is 0 Å². The van der Waals surface area contributed by atoms with Crippen molar-refractivity contribution in [2.24, 2.45) is 4.99 Å². The lowest BCUT2D eigenvalue weighted by Gasteiger charge is -2.25. The van der Waals surface area contributed by atoms with Crippen LogP contribution in [-0.2, 0) is 0 Å². The van der Waals surface area contributed by atoms with Crippen LogP contribution in [0.1, 0.15) is 36.8 Å². The molecule has 1 saturated carbocycles. The Balaban J connectivity index is 2.41. The van der Waals surface area contributed by atoms with E-state index in [1.165, 1.54) is 5.56 Å². The Labute approximate surface area is 97.0 Å². The number of aliphatic imine (C=N–C) groups is 1. The fourth-order valence-corrected chi connectivity index (χ4v) is 2.61. The standard InChI is InChI=1S/C14H19NO/c1-11-7-3-4-8-12(11)13(15-2)14(16)9-5-6-10-14/h3-4,7-8,16H,5-6,9-10H2,1-2H3. The van der Waals surface area contributed by atoms with Gasteiger partial charge < -0.3 is 5.11 Å². The van der Waals surface area contributed by atoms with E-state index < -0.39 is 5.60 Å². The first-order valence-electron chi connectivity index (χ1n) is 5.93. The smallest absolute Gasteiger partial charge is 0.107 e. The number of aryl methyl sites for hydroxylation is 1. The molecule has 0 unspecified atom stereocenters. The summed E-state index contributed by atoms with van der Waals surface area (Å²) in [5.74, 6) is 0. The van der Waals surface area contributed by atoms with Gasteiger partial charge in [-0.05, 0) is 25.3 Å². The Morgan fingerprint density at radius 1 is 1.25 bits per heavy atom. The minimum Gasteiger partial charge on any atom is -0.384 e. The van der Waals surface area contributed by atoms with Crippen LogP contribution in [0.2, 0.25) is 0 Å². The molecule has 1 aliphatic carbocycles. The van der Waals surface area contributed by atoms with E-state index in [2.05, 4.69) is 18.0 Å². The largest absolute Gasteiger partial charge is 0.384 e. The van der Waals surface area contributed by atoms with Crippen LogP contribution < -0.4 is 0 Å². The van der Waals surface area contributed by atoms with Crippen LogP contribution in [0.3, 0.4) is 0 Å². The quantitative estimate of drug-likeness (QED) is 0.759. The van der Waals surface area contributed by atoms with Crippen molar-refractivity contribution >= 4 is 5.71 Å². The second-order valence-electron chi connectivity index (χ2n) is 4.63. The third kappa shape index (κ3) is 1.90. The highest BCUT2D eigenvalue weighted by molar-refractivity contribution is 6.07. The average molecular weight is 217 g/mol. The first-order chi connectivity index (χ1) is 7.67. The summed E-state index contributed by atoms with van der Waals surface area (Å²) < 4.78 is 0. The summed E-state index contributed by atoms with van der Waals surface area (Å²) in [6.07, 6.45) is 3.88. The average Bonchev–Trinajstić information content (AvgIpc) is 2.70. The monoisotopic (exact) mass is 217 g/mol. The summed E-state index contributed by atoms with van der Waals surface area (Å²) in [6, 6.07) is 8.14. The molecule has 1 aliphatic rings. The predicted octanol–water partition coefficient (Wildman–Crippen LogP) is 2.72. The molecule has 0 bridgehead atoms. The number of rotatable bonds is 2. The van der Waals surface area contributed by atoms with Crippen molar-refractivity contribution in [3.8, 4) is 0 Å². The van der Waals surface area contributed by atoms with Gasteiger partial charge in [0.15, 0.2) is 0 Å². The van der Waals surface area contributed by atoms with Gasteiger partial charge >= 0.3 is 0 Å². The van der Waals surface area contributed by atoms with Gasteiger partial charge in [0.25, 0.3) is 0 Å². The van der Waals surface area contributed by atoms with Gasteiger partial charge in [-0.3, -0.25) is 4.99 Å². The normalized spacial score (nSPS) is 20.1. The lowest BCUT2D eigenvalue weighted by Crippen LogP contribution is -2.36. The Kier molecular flexibility index (Phi) is 3.10. The summed E-state index contributed by atoms with van der Waals surface area (Å²) >= 11 is 0. The first-order valence-corrected chi connectivity index (χ1v) is 5.93. The molecule has 0 atom stereocenters. The zero-order valence-corrected chi connectivity index (χ0v) is 10.0. The second kappa shape index (κ2) is 4.38. The van der Waals surface area contributed by atoms with Crippen LogP contribution in [0.4, 0.5) is 0 Å². The molecule has 1 fully saturated rings. The maximum absolute atomic E-state index is 10.6. The maximum atomic E-state index is 10.6. The van der Waals surface area contributed by atoms with Crippen LogP contribution in [0.5, 0.6) is 0 Å². The zero-order valence-electron chi connectivity index (χ0n) is 10.0. The topological polar surface area (TPSA) is 32.6 Å². The highest BCUT2D eigenvalue weighted by atomic mass is 16.3. The highest BCUT2D eigenvalue weighted by Crippen LogP contribution is 2.33. The van der Waals surface area contributed by atoms with E-state index in [9.17, 15) is 5.11 Å². The fraction of sp³-hybridized carbons (Fsp3) is 0.500. The van der Waals surface area contributed by atoms with Crippen molar-refractivity contribution in [1.82, 2.24) is 0 Å². The van der Waals surface area contributed by atoms with Crippen molar-refractivity contribution in [2.45, 2.75) is 38.2 Å². The second-order valence-corrected chi connectivity index (χ2v) is 4.63. The Bertz CT molecular complexity index is 403. The van der Waals surface area contributed by atoms with Crippen LogP contribution in [0, 0.1) is 6.92 Å². The molecular formula is C14H19NO. The molecule has 0 heterocycles. The van der Waals surface area contributed by atoms with Gasteiger partial charge in [0.2, 0.25) is 0 Å². The molecule has 0 aromatic heterocycles. The van der Waals surface area contributed by atoms with Crippen molar-refractivity contribution in [3.63, 3.8) is 0 Å². The Morgan fingerprint density at radius 3 is 2.44 bits per heavy atom.